The molecular formula is C20H30N4O2. The third kappa shape index (κ3) is 4.36. The van der Waals surface area contributed by atoms with E-state index in [1.807, 2.05) is 12.3 Å². The maximum absolute atomic E-state index is 11.9. The van der Waals surface area contributed by atoms with Gasteiger partial charge in [-0.15, -0.1) is 0 Å². The lowest BCUT2D eigenvalue weighted by atomic mass is 9.95. The van der Waals surface area contributed by atoms with Crippen molar-refractivity contribution in [1.29, 1.82) is 0 Å². The van der Waals surface area contributed by atoms with Crippen LogP contribution in [0.5, 0.6) is 0 Å². The van der Waals surface area contributed by atoms with E-state index in [2.05, 4.69) is 27.6 Å². The van der Waals surface area contributed by atoms with Gasteiger partial charge in [0.15, 0.2) is 5.76 Å². The van der Waals surface area contributed by atoms with E-state index in [4.69, 9.17) is 4.42 Å². The smallest absolute Gasteiger partial charge is 0.289 e. The molecule has 1 amide bonds. The van der Waals surface area contributed by atoms with Crippen molar-refractivity contribution in [3.63, 3.8) is 0 Å². The van der Waals surface area contributed by atoms with Crippen molar-refractivity contribution in [3.8, 4) is 0 Å². The molecule has 0 spiro atoms. The predicted molar refractivity (Wildman–Crippen MR) is 101 cm³/mol. The van der Waals surface area contributed by atoms with Crippen LogP contribution in [0.1, 0.15) is 60.7 Å². The summed E-state index contributed by atoms with van der Waals surface area (Å²) in [6, 6.07) is 3.69. The molecule has 142 valence electrons. The number of nitrogens with zero attached hydrogens (tertiary/aromatic N) is 4. The molecule has 0 bridgehead atoms. The van der Waals surface area contributed by atoms with Gasteiger partial charge in [0.2, 0.25) is 0 Å². The van der Waals surface area contributed by atoms with Gasteiger partial charge in [-0.05, 0) is 44.5 Å². The Morgan fingerprint density at radius 2 is 2.08 bits per heavy atom. The Labute approximate surface area is 155 Å². The second-order valence-electron chi connectivity index (χ2n) is 7.35. The van der Waals surface area contributed by atoms with Crippen molar-refractivity contribution in [2.75, 3.05) is 27.2 Å². The minimum Gasteiger partial charge on any atom is -0.455 e. The van der Waals surface area contributed by atoms with Crippen molar-refractivity contribution >= 4 is 5.91 Å². The number of carbonyl (C=O) groups is 1. The lowest BCUT2D eigenvalue weighted by Crippen LogP contribution is -2.33. The number of amides is 1. The lowest BCUT2D eigenvalue weighted by molar-refractivity contribution is 0.0792. The summed E-state index contributed by atoms with van der Waals surface area (Å²) in [5, 5.41) is 0. The molecule has 3 heterocycles. The van der Waals surface area contributed by atoms with Crippen LogP contribution in [0.15, 0.2) is 28.9 Å². The molecule has 2 aromatic heterocycles. The average Bonchev–Trinajstić information content (AvgIpc) is 3.29. The van der Waals surface area contributed by atoms with Gasteiger partial charge in [-0.1, -0.05) is 13.3 Å². The molecule has 0 atom stereocenters. The average molecular weight is 358 g/mol. The van der Waals surface area contributed by atoms with Crippen LogP contribution in [0.3, 0.4) is 0 Å². The number of hydrogen-bond donors (Lipinski definition) is 0. The zero-order valence-electron chi connectivity index (χ0n) is 16.1. The molecule has 1 saturated heterocycles. The first-order valence-corrected chi connectivity index (χ1v) is 9.62. The van der Waals surface area contributed by atoms with Gasteiger partial charge in [0.1, 0.15) is 11.6 Å². The highest BCUT2D eigenvalue weighted by Gasteiger charge is 2.24. The first-order valence-electron chi connectivity index (χ1n) is 9.62. The summed E-state index contributed by atoms with van der Waals surface area (Å²) in [6.45, 7) is 6.12. The second-order valence-corrected chi connectivity index (χ2v) is 7.35. The Morgan fingerprint density at radius 3 is 2.77 bits per heavy atom. The molecule has 0 radical (unpaired) electrons. The minimum atomic E-state index is -0.0890. The summed E-state index contributed by atoms with van der Waals surface area (Å²) < 4.78 is 8.05. The summed E-state index contributed by atoms with van der Waals surface area (Å²) in [6.07, 6.45) is 8.69. The third-order valence-corrected chi connectivity index (χ3v) is 5.11. The highest BCUT2D eigenvalue weighted by Crippen LogP contribution is 2.28. The number of aromatic nitrogens is 2. The van der Waals surface area contributed by atoms with Crippen LogP contribution < -0.4 is 0 Å². The maximum Gasteiger partial charge on any atom is 0.289 e. The standard InChI is InChI=1S/C20H30N4O2/c1-4-5-11-24-14-10-21-19(24)16-8-12-23(13-9-16)15-17-6-7-18(26-17)20(25)22(2)3/h6-7,10,14,16H,4-5,8-9,11-13,15H2,1-3H3. The van der Waals surface area contributed by atoms with Gasteiger partial charge in [0.25, 0.3) is 5.91 Å². The highest BCUT2D eigenvalue weighted by atomic mass is 16.4. The van der Waals surface area contributed by atoms with Crippen LogP contribution in [0, 0.1) is 0 Å². The van der Waals surface area contributed by atoms with Crippen LogP contribution in [0.4, 0.5) is 0 Å². The molecule has 0 saturated carbocycles. The molecule has 2 aromatic rings. The molecule has 0 aliphatic carbocycles. The summed E-state index contributed by atoms with van der Waals surface area (Å²) >= 11 is 0. The Morgan fingerprint density at radius 1 is 1.31 bits per heavy atom. The zero-order valence-corrected chi connectivity index (χ0v) is 16.1. The highest BCUT2D eigenvalue weighted by molar-refractivity contribution is 5.91. The normalized spacial score (nSPS) is 16.1. The molecule has 0 N–H and O–H groups in total. The lowest BCUT2D eigenvalue weighted by Gasteiger charge is -2.31. The van der Waals surface area contributed by atoms with E-state index in [1.54, 1.807) is 20.2 Å². The van der Waals surface area contributed by atoms with Crippen LogP contribution in [-0.2, 0) is 13.1 Å². The molecule has 6 heteroatoms. The minimum absolute atomic E-state index is 0.0890. The second kappa shape index (κ2) is 8.54. The van der Waals surface area contributed by atoms with Crippen LogP contribution in [-0.4, -0.2) is 52.4 Å². The van der Waals surface area contributed by atoms with Crippen molar-refractivity contribution < 1.29 is 9.21 Å². The fraction of sp³-hybridized carbons (Fsp3) is 0.600. The molecule has 3 rings (SSSR count). The Kier molecular flexibility index (Phi) is 6.14. The number of carbonyl (C=O) groups excluding carboxylic acids is 1. The van der Waals surface area contributed by atoms with Gasteiger partial charge in [-0.3, -0.25) is 9.69 Å². The first-order chi connectivity index (χ1) is 12.6. The van der Waals surface area contributed by atoms with Crippen LogP contribution in [0.2, 0.25) is 0 Å². The SMILES string of the molecule is CCCCn1ccnc1C1CCN(Cc2ccc(C(=O)N(C)C)o2)CC1. The molecule has 0 unspecified atom stereocenters. The summed E-state index contributed by atoms with van der Waals surface area (Å²) in [7, 11) is 3.47. The quantitative estimate of drug-likeness (QED) is 0.762. The van der Waals surface area contributed by atoms with E-state index in [1.165, 1.54) is 23.6 Å². The number of unbranched alkanes of at least 4 members (excludes halogenated alkanes) is 1. The Bertz CT molecular complexity index is 711. The van der Waals surface area contributed by atoms with Crippen LogP contribution >= 0.6 is 0 Å². The Balaban J connectivity index is 1.53. The number of rotatable bonds is 7. The molecule has 1 aliphatic heterocycles. The Hall–Kier alpha value is -2.08. The fourth-order valence-corrected chi connectivity index (χ4v) is 3.57. The topological polar surface area (TPSA) is 54.5 Å². The monoisotopic (exact) mass is 358 g/mol. The van der Waals surface area contributed by atoms with E-state index in [0.29, 0.717) is 11.7 Å². The number of likely N-dealkylation sites (tertiary alicyclic amines) is 1. The van der Waals surface area contributed by atoms with Gasteiger partial charge >= 0.3 is 0 Å². The summed E-state index contributed by atoms with van der Waals surface area (Å²) in [4.78, 5) is 20.5. The van der Waals surface area contributed by atoms with E-state index in [9.17, 15) is 4.79 Å². The number of aryl methyl sites for hydroxylation is 1. The van der Waals surface area contributed by atoms with Gasteiger partial charge in [0.05, 0.1) is 6.54 Å². The van der Waals surface area contributed by atoms with Crippen molar-refractivity contribution in [1.82, 2.24) is 19.4 Å². The molecule has 6 nitrogen and oxygen atoms in total. The van der Waals surface area contributed by atoms with E-state index in [0.717, 1.165) is 44.8 Å². The van der Waals surface area contributed by atoms with Gasteiger partial charge < -0.3 is 13.9 Å². The maximum atomic E-state index is 11.9. The molecule has 1 fully saturated rings. The first kappa shape index (κ1) is 18.7. The number of imidazole rings is 1. The number of hydrogen-bond acceptors (Lipinski definition) is 4. The molecular weight excluding hydrogens is 328 g/mol. The number of piperidine rings is 1. The number of furan rings is 1. The molecule has 1 aliphatic rings. The van der Waals surface area contributed by atoms with Crippen molar-refractivity contribution in [2.24, 2.45) is 0 Å². The zero-order chi connectivity index (χ0) is 18.5. The molecule has 0 aromatic carbocycles. The van der Waals surface area contributed by atoms with Crippen molar-refractivity contribution in [3.05, 3.63) is 41.9 Å². The summed E-state index contributed by atoms with van der Waals surface area (Å²) in [5.74, 6) is 2.97. The van der Waals surface area contributed by atoms with Gasteiger partial charge in [-0.25, -0.2) is 4.98 Å². The van der Waals surface area contributed by atoms with E-state index >= 15 is 0 Å². The van der Waals surface area contributed by atoms with E-state index < -0.39 is 0 Å². The van der Waals surface area contributed by atoms with Gasteiger partial charge in [-0.2, -0.15) is 0 Å². The molecule has 26 heavy (non-hydrogen) atoms. The van der Waals surface area contributed by atoms with Crippen LogP contribution in [0.25, 0.3) is 0 Å². The predicted octanol–water partition coefficient (Wildman–Crippen LogP) is 3.36. The summed E-state index contributed by atoms with van der Waals surface area (Å²) in [5.41, 5.74) is 0. The van der Waals surface area contributed by atoms with Crippen molar-refractivity contribution in [2.45, 2.75) is 51.6 Å². The largest absolute Gasteiger partial charge is 0.455 e. The fourth-order valence-electron chi connectivity index (χ4n) is 3.57. The third-order valence-electron chi connectivity index (χ3n) is 5.11. The van der Waals surface area contributed by atoms with Gasteiger partial charge in [0, 0.05) is 39.0 Å². The van der Waals surface area contributed by atoms with E-state index in [-0.39, 0.29) is 5.91 Å².